The van der Waals surface area contributed by atoms with Crippen molar-refractivity contribution < 1.29 is 29.0 Å². The molecule has 0 bridgehead atoms. The van der Waals surface area contributed by atoms with E-state index in [4.69, 9.17) is 14.9 Å². The van der Waals surface area contributed by atoms with Crippen LogP contribution in [0.5, 0.6) is 11.5 Å². The zero-order valence-electron chi connectivity index (χ0n) is 23.7. The number of amides is 1. The predicted octanol–water partition coefficient (Wildman–Crippen LogP) is 3.69. The van der Waals surface area contributed by atoms with Crippen LogP contribution in [0.25, 0.3) is 0 Å². The molecule has 0 saturated heterocycles. The minimum Gasteiger partial charge on any atom is -0.496 e. The summed E-state index contributed by atoms with van der Waals surface area (Å²) < 4.78 is 11.2. The van der Waals surface area contributed by atoms with Gasteiger partial charge in [-0.05, 0) is 49.1 Å². The van der Waals surface area contributed by atoms with Crippen molar-refractivity contribution in [2.24, 2.45) is 0 Å². The Morgan fingerprint density at radius 1 is 1.13 bits per heavy atom. The van der Waals surface area contributed by atoms with E-state index in [1.165, 1.54) is 14.2 Å². The largest absolute Gasteiger partial charge is 0.496 e. The number of benzene rings is 2. The molecule has 1 aliphatic rings. The van der Waals surface area contributed by atoms with Gasteiger partial charge in [-0.2, -0.15) is 0 Å². The van der Waals surface area contributed by atoms with Gasteiger partial charge in [-0.1, -0.05) is 20.8 Å². The quantitative estimate of drug-likeness (QED) is 0.369. The Morgan fingerprint density at radius 2 is 1.79 bits per heavy atom. The van der Waals surface area contributed by atoms with Gasteiger partial charge in [0.1, 0.15) is 17.3 Å². The first-order valence-electron chi connectivity index (χ1n) is 12.9. The molecular formula is C29H38N4O6. The van der Waals surface area contributed by atoms with E-state index in [2.05, 4.69) is 5.32 Å². The molecule has 1 heterocycles. The summed E-state index contributed by atoms with van der Waals surface area (Å²) in [4.78, 5) is 41.0. The molecule has 0 fully saturated rings. The van der Waals surface area contributed by atoms with Gasteiger partial charge in [0.2, 0.25) is 0 Å². The highest BCUT2D eigenvalue weighted by molar-refractivity contribution is 6.08. The number of carboxylic acids is 1. The normalized spacial score (nSPS) is 12.7. The van der Waals surface area contributed by atoms with Crippen molar-refractivity contribution in [1.82, 2.24) is 10.2 Å². The highest BCUT2D eigenvalue weighted by Crippen LogP contribution is 2.41. The smallest absolute Gasteiger partial charge is 0.341 e. The molecule has 0 atom stereocenters. The van der Waals surface area contributed by atoms with Crippen LogP contribution in [0.2, 0.25) is 0 Å². The summed E-state index contributed by atoms with van der Waals surface area (Å²) in [5.41, 5.74) is 3.13. The number of Topliss-reactive ketones (excluding diaryl/α,β-unsaturated/α-hetero) is 1. The molecule has 3 rings (SSSR count). The van der Waals surface area contributed by atoms with E-state index >= 15 is 0 Å². The molecule has 10 nitrogen and oxygen atoms in total. The third-order valence-corrected chi connectivity index (χ3v) is 6.81. The molecule has 210 valence electrons. The molecule has 3 N–H and O–H groups in total. The number of hydrogen-bond donors (Lipinski definition) is 3. The van der Waals surface area contributed by atoms with Gasteiger partial charge < -0.3 is 29.7 Å². The average molecular weight is 539 g/mol. The number of methoxy groups -OCH3 is 1. The van der Waals surface area contributed by atoms with E-state index in [9.17, 15) is 19.5 Å². The summed E-state index contributed by atoms with van der Waals surface area (Å²) in [7, 11) is 3.02. The molecule has 0 spiro atoms. The standard InChI is InChI=1S/C29H38N4O6/c1-8-32(9-2)22-11-17(10-21(29(3,4)5)26(22)39-16-25(35)36)23(34)15-33-14-18-12-24(38-7)20(28(37)31-6)13-19(18)27(33)30/h10-13,30H,8-9,14-16H2,1-7H3,(H,31,37)(H,35,36). The van der Waals surface area contributed by atoms with Crippen molar-refractivity contribution in [1.29, 1.82) is 5.41 Å². The molecular weight excluding hydrogens is 500 g/mol. The van der Waals surface area contributed by atoms with Crippen LogP contribution < -0.4 is 19.7 Å². The van der Waals surface area contributed by atoms with Crippen LogP contribution in [0, 0.1) is 5.41 Å². The molecule has 1 amide bonds. The molecule has 0 unspecified atom stereocenters. The van der Waals surface area contributed by atoms with E-state index in [1.807, 2.05) is 39.5 Å². The molecule has 0 aromatic heterocycles. The van der Waals surface area contributed by atoms with Crippen LogP contribution in [0.4, 0.5) is 5.69 Å². The third kappa shape index (κ3) is 6.16. The van der Waals surface area contributed by atoms with E-state index in [0.717, 1.165) is 11.1 Å². The van der Waals surface area contributed by atoms with Crippen molar-refractivity contribution >= 4 is 29.2 Å². The number of nitrogens with one attached hydrogen (secondary N) is 2. The highest BCUT2D eigenvalue weighted by atomic mass is 16.5. The van der Waals surface area contributed by atoms with Gasteiger partial charge in [0.05, 0.1) is 24.9 Å². The van der Waals surface area contributed by atoms with Crippen LogP contribution in [-0.2, 0) is 16.8 Å². The van der Waals surface area contributed by atoms with Crippen molar-refractivity contribution in [3.05, 3.63) is 52.1 Å². The molecule has 0 aliphatic carbocycles. The average Bonchev–Trinajstić information content (AvgIpc) is 3.19. The summed E-state index contributed by atoms with van der Waals surface area (Å²) >= 11 is 0. The van der Waals surface area contributed by atoms with Gasteiger partial charge in [0.25, 0.3) is 5.91 Å². The van der Waals surface area contributed by atoms with Gasteiger partial charge in [-0.15, -0.1) is 0 Å². The second kappa shape index (κ2) is 11.8. The number of anilines is 1. The van der Waals surface area contributed by atoms with Gasteiger partial charge in [-0.25, -0.2) is 4.79 Å². The molecule has 2 aromatic rings. The number of amidine groups is 1. The van der Waals surface area contributed by atoms with Gasteiger partial charge >= 0.3 is 5.97 Å². The van der Waals surface area contributed by atoms with E-state index < -0.39 is 18.0 Å². The summed E-state index contributed by atoms with van der Waals surface area (Å²) in [6.07, 6.45) is 0. The lowest BCUT2D eigenvalue weighted by Crippen LogP contribution is -2.31. The Balaban J connectivity index is 2.00. The number of ketones is 1. The number of nitrogens with zero attached hydrogens (tertiary/aromatic N) is 2. The van der Waals surface area contributed by atoms with Crippen LogP contribution in [0.15, 0.2) is 24.3 Å². The predicted molar refractivity (Wildman–Crippen MR) is 150 cm³/mol. The molecule has 0 radical (unpaired) electrons. The minimum atomic E-state index is -1.08. The van der Waals surface area contributed by atoms with Crippen molar-refractivity contribution in [2.45, 2.75) is 46.6 Å². The number of ether oxygens (including phenoxy) is 2. The second-order valence-electron chi connectivity index (χ2n) is 10.4. The van der Waals surface area contributed by atoms with E-state index in [1.54, 1.807) is 29.2 Å². The second-order valence-corrected chi connectivity index (χ2v) is 10.4. The number of carboxylic acid groups (broad SMARTS) is 1. The number of carbonyl (C=O) groups excluding carboxylic acids is 2. The molecule has 0 saturated carbocycles. The maximum absolute atomic E-state index is 13.7. The van der Waals surface area contributed by atoms with Gasteiger partial charge in [0.15, 0.2) is 12.4 Å². The molecule has 1 aliphatic heterocycles. The van der Waals surface area contributed by atoms with E-state index in [-0.39, 0.29) is 24.1 Å². The van der Waals surface area contributed by atoms with Crippen LogP contribution in [0.1, 0.15) is 72.0 Å². The lowest BCUT2D eigenvalue weighted by atomic mass is 9.84. The maximum Gasteiger partial charge on any atom is 0.341 e. The zero-order valence-corrected chi connectivity index (χ0v) is 23.7. The fraction of sp³-hybridized carbons (Fsp3) is 0.448. The lowest BCUT2D eigenvalue weighted by molar-refractivity contribution is -0.139. The van der Waals surface area contributed by atoms with Crippen molar-refractivity contribution in [3.8, 4) is 11.5 Å². The van der Waals surface area contributed by atoms with Crippen LogP contribution in [0.3, 0.4) is 0 Å². The Hall–Kier alpha value is -4.08. The van der Waals surface area contributed by atoms with E-state index in [0.29, 0.717) is 53.5 Å². The number of hydrogen-bond acceptors (Lipinski definition) is 7. The summed E-state index contributed by atoms with van der Waals surface area (Å²) in [5, 5.41) is 20.6. The minimum absolute atomic E-state index is 0.0399. The lowest BCUT2D eigenvalue weighted by Gasteiger charge is -2.30. The van der Waals surface area contributed by atoms with Gasteiger partial charge in [0, 0.05) is 43.4 Å². The number of rotatable bonds is 11. The Bertz CT molecular complexity index is 1290. The highest BCUT2D eigenvalue weighted by Gasteiger charge is 2.31. The fourth-order valence-electron chi connectivity index (χ4n) is 4.73. The number of fused-ring (bicyclic) bond motifs is 1. The molecule has 10 heteroatoms. The number of aliphatic carboxylic acids is 1. The maximum atomic E-state index is 13.7. The van der Waals surface area contributed by atoms with Crippen molar-refractivity contribution in [3.63, 3.8) is 0 Å². The first-order valence-corrected chi connectivity index (χ1v) is 12.9. The zero-order chi connectivity index (χ0) is 29.1. The van der Waals surface area contributed by atoms with Gasteiger partial charge in [-0.3, -0.25) is 15.0 Å². The summed E-state index contributed by atoms with van der Waals surface area (Å²) in [5.74, 6) is -0.558. The van der Waals surface area contributed by atoms with Crippen LogP contribution in [-0.4, -0.2) is 73.9 Å². The summed E-state index contributed by atoms with van der Waals surface area (Å²) in [6, 6.07) is 6.89. The Morgan fingerprint density at radius 3 is 2.33 bits per heavy atom. The SMILES string of the molecule is CCN(CC)c1cc(C(=O)CN2Cc3cc(OC)c(C(=O)NC)cc3C2=N)cc(C(C)(C)C)c1OCC(=O)O. The summed E-state index contributed by atoms with van der Waals surface area (Å²) in [6.45, 7) is 11.0. The first-order chi connectivity index (χ1) is 18.4. The Labute approximate surface area is 229 Å². The molecule has 39 heavy (non-hydrogen) atoms. The Kier molecular flexibility index (Phi) is 8.88. The molecule has 2 aromatic carbocycles. The van der Waals surface area contributed by atoms with Crippen LogP contribution >= 0.6 is 0 Å². The van der Waals surface area contributed by atoms with Crippen molar-refractivity contribution in [2.75, 3.05) is 45.3 Å². The number of carbonyl (C=O) groups is 3. The first kappa shape index (κ1) is 29.5. The fourth-order valence-corrected chi connectivity index (χ4v) is 4.73. The topological polar surface area (TPSA) is 132 Å². The monoisotopic (exact) mass is 538 g/mol. The third-order valence-electron chi connectivity index (χ3n) is 6.81.